The summed E-state index contributed by atoms with van der Waals surface area (Å²) in [5.41, 5.74) is 6.47. The lowest BCUT2D eigenvalue weighted by Gasteiger charge is -2.13. The Morgan fingerprint density at radius 1 is 1.41 bits per heavy atom. The van der Waals surface area contributed by atoms with Crippen LogP contribution in [0.2, 0.25) is 0 Å². The van der Waals surface area contributed by atoms with E-state index in [1.807, 2.05) is 25.1 Å². The Bertz CT molecular complexity index is 482. The highest BCUT2D eigenvalue weighted by atomic mass is 19.1. The fourth-order valence-corrected chi connectivity index (χ4v) is 1.60. The number of anilines is 1. The topological polar surface area (TPSA) is 51.2 Å². The SMILES string of the molecule is C[C@H](NCc1ccco1)c1ccc(N)c(F)c1. The molecule has 1 heterocycles. The van der Waals surface area contributed by atoms with Gasteiger partial charge in [-0.25, -0.2) is 4.39 Å². The highest BCUT2D eigenvalue weighted by molar-refractivity contribution is 5.41. The van der Waals surface area contributed by atoms with Crippen LogP contribution in [-0.4, -0.2) is 0 Å². The fourth-order valence-electron chi connectivity index (χ4n) is 1.60. The molecule has 3 N–H and O–H groups in total. The zero-order valence-electron chi connectivity index (χ0n) is 9.61. The second-order valence-electron chi connectivity index (χ2n) is 3.96. The van der Waals surface area contributed by atoms with Crippen LogP contribution >= 0.6 is 0 Å². The molecule has 0 bridgehead atoms. The van der Waals surface area contributed by atoms with Crippen molar-refractivity contribution in [2.45, 2.75) is 19.5 Å². The second-order valence-corrected chi connectivity index (χ2v) is 3.96. The Kier molecular flexibility index (Phi) is 3.44. The van der Waals surface area contributed by atoms with Crippen molar-refractivity contribution < 1.29 is 8.81 Å². The van der Waals surface area contributed by atoms with E-state index in [-0.39, 0.29) is 17.5 Å². The number of furan rings is 1. The summed E-state index contributed by atoms with van der Waals surface area (Å²) < 4.78 is 18.5. The van der Waals surface area contributed by atoms with E-state index in [0.29, 0.717) is 6.54 Å². The molecule has 0 radical (unpaired) electrons. The summed E-state index contributed by atoms with van der Waals surface area (Å²) in [6.07, 6.45) is 1.63. The third kappa shape index (κ3) is 2.85. The molecule has 2 aromatic rings. The van der Waals surface area contributed by atoms with Gasteiger partial charge in [0.05, 0.1) is 18.5 Å². The van der Waals surface area contributed by atoms with Crippen molar-refractivity contribution in [1.29, 1.82) is 0 Å². The van der Waals surface area contributed by atoms with Crippen molar-refractivity contribution in [3.05, 3.63) is 53.7 Å². The Balaban J connectivity index is 1.99. The molecule has 0 unspecified atom stereocenters. The molecule has 0 saturated carbocycles. The Hall–Kier alpha value is -1.81. The average Bonchev–Trinajstić information content (AvgIpc) is 2.82. The number of benzene rings is 1. The molecule has 1 aromatic carbocycles. The van der Waals surface area contributed by atoms with Gasteiger partial charge in [-0.15, -0.1) is 0 Å². The molecule has 1 atom stereocenters. The molecule has 0 aliphatic carbocycles. The van der Waals surface area contributed by atoms with E-state index in [4.69, 9.17) is 10.2 Å². The van der Waals surface area contributed by atoms with Crippen LogP contribution < -0.4 is 11.1 Å². The van der Waals surface area contributed by atoms with Gasteiger partial charge in [0.2, 0.25) is 0 Å². The quantitative estimate of drug-likeness (QED) is 0.800. The zero-order valence-corrected chi connectivity index (χ0v) is 9.61. The van der Waals surface area contributed by atoms with Crippen LogP contribution in [0, 0.1) is 5.82 Å². The first-order valence-electron chi connectivity index (χ1n) is 5.47. The van der Waals surface area contributed by atoms with E-state index in [2.05, 4.69) is 5.32 Å². The summed E-state index contributed by atoms with van der Waals surface area (Å²) in [4.78, 5) is 0. The van der Waals surface area contributed by atoms with Gasteiger partial charge in [-0.05, 0) is 36.8 Å². The number of nitrogens with two attached hydrogens (primary N) is 1. The first-order valence-corrected chi connectivity index (χ1v) is 5.47. The third-order valence-electron chi connectivity index (χ3n) is 2.69. The van der Waals surface area contributed by atoms with Gasteiger partial charge in [-0.3, -0.25) is 0 Å². The van der Waals surface area contributed by atoms with Crippen molar-refractivity contribution in [2.24, 2.45) is 0 Å². The zero-order chi connectivity index (χ0) is 12.3. The maximum atomic E-state index is 13.3. The second kappa shape index (κ2) is 5.01. The molecule has 0 amide bonds. The predicted octanol–water partition coefficient (Wildman–Crippen LogP) is 2.85. The molecule has 2 rings (SSSR count). The normalized spacial score (nSPS) is 12.6. The Morgan fingerprint density at radius 3 is 2.88 bits per heavy atom. The van der Waals surface area contributed by atoms with Gasteiger partial charge < -0.3 is 15.5 Å². The van der Waals surface area contributed by atoms with Crippen LogP contribution in [0.1, 0.15) is 24.3 Å². The van der Waals surface area contributed by atoms with Gasteiger partial charge in [-0.1, -0.05) is 6.07 Å². The standard InChI is InChI=1S/C13H15FN2O/c1-9(16-8-11-3-2-6-17-11)10-4-5-13(15)12(14)7-10/h2-7,9,16H,8,15H2,1H3/t9-/m0/s1. The number of hydrogen-bond acceptors (Lipinski definition) is 3. The summed E-state index contributed by atoms with van der Waals surface area (Å²) in [5.74, 6) is 0.474. The van der Waals surface area contributed by atoms with Gasteiger partial charge >= 0.3 is 0 Å². The average molecular weight is 234 g/mol. The Labute approximate surface area is 99.4 Å². The van der Waals surface area contributed by atoms with E-state index in [1.165, 1.54) is 6.07 Å². The van der Waals surface area contributed by atoms with Crippen LogP contribution in [0.3, 0.4) is 0 Å². The molecule has 17 heavy (non-hydrogen) atoms. The van der Waals surface area contributed by atoms with E-state index in [9.17, 15) is 4.39 Å². The summed E-state index contributed by atoms with van der Waals surface area (Å²) in [6.45, 7) is 2.58. The van der Waals surface area contributed by atoms with Gasteiger partial charge in [-0.2, -0.15) is 0 Å². The third-order valence-corrected chi connectivity index (χ3v) is 2.69. The van der Waals surface area contributed by atoms with Gasteiger partial charge in [0.1, 0.15) is 11.6 Å². The number of nitrogen functional groups attached to an aromatic ring is 1. The first kappa shape index (κ1) is 11.7. The van der Waals surface area contributed by atoms with E-state index >= 15 is 0 Å². The summed E-state index contributed by atoms with van der Waals surface area (Å²) >= 11 is 0. The summed E-state index contributed by atoms with van der Waals surface area (Å²) in [5, 5.41) is 3.25. The predicted molar refractivity (Wildman–Crippen MR) is 64.8 cm³/mol. The molecule has 0 saturated heterocycles. The molecule has 0 aliphatic rings. The molecular formula is C13H15FN2O. The number of hydrogen-bond donors (Lipinski definition) is 2. The molecule has 0 aliphatic heterocycles. The largest absolute Gasteiger partial charge is 0.468 e. The highest BCUT2D eigenvalue weighted by Gasteiger charge is 2.08. The minimum Gasteiger partial charge on any atom is -0.468 e. The molecule has 0 spiro atoms. The minimum atomic E-state index is -0.380. The van der Waals surface area contributed by atoms with E-state index in [0.717, 1.165) is 11.3 Å². The smallest absolute Gasteiger partial charge is 0.146 e. The van der Waals surface area contributed by atoms with Crippen LogP contribution in [-0.2, 0) is 6.54 Å². The van der Waals surface area contributed by atoms with Gasteiger partial charge in [0.15, 0.2) is 0 Å². The van der Waals surface area contributed by atoms with Crippen molar-refractivity contribution >= 4 is 5.69 Å². The minimum absolute atomic E-state index is 0.0372. The van der Waals surface area contributed by atoms with Crippen LogP contribution in [0.15, 0.2) is 41.0 Å². The van der Waals surface area contributed by atoms with E-state index in [1.54, 1.807) is 12.3 Å². The highest BCUT2D eigenvalue weighted by Crippen LogP contribution is 2.18. The Morgan fingerprint density at radius 2 is 2.24 bits per heavy atom. The lowest BCUT2D eigenvalue weighted by Crippen LogP contribution is -2.18. The van der Waals surface area contributed by atoms with Gasteiger partial charge in [0, 0.05) is 6.04 Å². The molecule has 4 heteroatoms. The van der Waals surface area contributed by atoms with Crippen LogP contribution in [0.4, 0.5) is 10.1 Å². The summed E-state index contributed by atoms with van der Waals surface area (Å²) in [7, 11) is 0. The van der Waals surface area contributed by atoms with Crippen molar-refractivity contribution in [3.8, 4) is 0 Å². The number of nitrogens with one attached hydrogen (secondary N) is 1. The molecule has 90 valence electrons. The molecule has 3 nitrogen and oxygen atoms in total. The van der Waals surface area contributed by atoms with Crippen molar-refractivity contribution in [3.63, 3.8) is 0 Å². The lowest BCUT2D eigenvalue weighted by atomic mass is 10.1. The van der Waals surface area contributed by atoms with Crippen molar-refractivity contribution in [1.82, 2.24) is 5.32 Å². The molecular weight excluding hydrogens is 219 g/mol. The van der Waals surface area contributed by atoms with Crippen LogP contribution in [0.5, 0.6) is 0 Å². The maximum absolute atomic E-state index is 13.3. The molecule has 0 fully saturated rings. The fraction of sp³-hybridized carbons (Fsp3) is 0.231. The number of rotatable bonds is 4. The molecule has 1 aromatic heterocycles. The van der Waals surface area contributed by atoms with Crippen molar-refractivity contribution in [2.75, 3.05) is 5.73 Å². The maximum Gasteiger partial charge on any atom is 0.146 e. The summed E-state index contributed by atoms with van der Waals surface area (Å²) in [6, 6.07) is 8.62. The number of halogens is 1. The first-order chi connectivity index (χ1) is 8.16. The van der Waals surface area contributed by atoms with Gasteiger partial charge in [0.25, 0.3) is 0 Å². The van der Waals surface area contributed by atoms with E-state index < -0.39 is 0 Å². The van der Waals surface area contributed by atoms with Crippen LogP contribution in [0.25, 0.3) is 0 Å². The lowest BCUT2D eigenvalue weighted by molar-refractivity contribution is 0.460. The monoisotopic (exact) mass is 234 g/mol.